The van der Waals surface area contributed by atoms with Gasteiger partial charge in [0.1, 0.15) is 11.4 Å². The zero-order valence-corrected chi connectivity index (χ0v) is 7.00. The molecule has 2 aromatic rings. The predicted molar refractivity (Wildman–Crippen MR) is 47.2 cm³/mol. The molecular weight excluding hydrogens is 171 g/mol. The first-order chi connectivity index (χ1) is 6.18. The minimum atomic E-state index is -0.418. The van der Waals surface area contributed by atoms with E-state index in [1.54, 1.807) is 13.0 Å². The Morgan fingerprint density at radius 2 is 2.15 bits per heavy atom. The van der Waals surface area contributed by atoms with Crippen LogP contribution in [0.4, 0.5) is 4.39 Å². The Morgan fingerprint density at radius 1 is 1.38 bits per heavy atom. The molecule has 2 nitrogen and oxygen atoms in total. The van der Waals surface area contributed by atoms with E-state index >= 15 is 0 Å². The summed E-state index contributed by atoms with van der Waals surface area (Å²) in [5.41, 5.74) is 0.284. The molecule has 0 radical (unpaired) electrons. The maximum atomic E-state index is 13.1. The molecule has 0 bridgehead atoms. The van der Waals surface area contributed by atoms with E-state index in [9.17, 15) is 9.18 Å². The number of aryl methyl sites for hydroxylation is 1. The van der Waals surface area contributed by atoms with Crippen molar-refractivity contribution >= 4 is 11.0 Å². The van der Waals surface area contributed by atoms with Crippen LogP contribution in [0, 0.1) is 12.7 Å². The molecular formula is C10H7FO2. The van der Waals surface area contributed by atoms with Crippen molar-refractivity contribution in [3.05, 3.63) is 46.1 Å². The summed E-state index contributed by atoms with van der Waals surface area (Å²) < 4.78 is 18.0. The number of rotatable bonds is 0. The summed E-state index contributed by atoms with van der Waals surface area (Å²) >= 11 is 0. The van der Waals surface area contributed by atoms with Crippen LogP contribution in [-0.4, -0.2) is 0 Å². The Morgan fingerprint density at radius 3 is 2.92 bits per heavy atom. The molecule has 0 aliphatic heterocycles. The van der Waals surface area contributed by atoms with Gasteiger partial charge >= 0.3 is 5.63 Å². The summed E-state index contributed by atoms with van der Waals surface area (Å²) in [6.07, 6.45) is 0. The second-order valence-electron chi connectivity index (χ2n) is 2.87. The third kappa shape index (κ3) is 1.22. The van der Waals surface area contributed by atoms with Crippen molar-refractivity contribution in [3.63, 3.8) is 0 Å². The molecule has 0 aliphatic carbocycles. The van der Waals surface area contributed by atoms with Crippen molar-refractivity contribution in [1.82, 2.24) is 0 Å². The van der Waals surface area contributed by atoms with Gasteiger partial charge in [0.05, 0.1) is 5.39 Å². The highest BCUT2D eigenvalue weighted by molar-refractivity contribution is 5.77. The molecule has 0 fully saturated rings. The number of hydrogen-bond donors (Lipinski definition) is 0. The van der Waals surface area contributed by atoms with Gasteiger partial charge in [-0.2, -0.15) is 0 Å². The fraction of sp³-hybridized carbons (Fsp3) is 0.100. The lowest BCUT2D eigenvalue weighted by molar-refractivity contribution is 0.550. The van der Waals surface area contributed by atoms with Crippen molar-refractivity contribution in [2.45, 2.75) is 6.92 Å². The maximum absolute atomic E-state index is 13.1. The zero-order valence-electron chi connectivity index (χ0n) is 7.00. The molecule has 0 atom stereocenters. The Balaban J connectivity index is 2.97. The molecule has 0 saturated heterocycles. The van der Waals surface area contributed by atoms with E-state index in [1.807, 2.05) is 0 Å². The van der Waals surface area contributed by atoms with Crippen LogP contribution in [0.15, 0.2) is 33.5 Å². The molecule has 0 N–H and O–H groups in total. The molecule has 2 rings (SSSR count). The monoisotopic (exact) mass is 178 g/mol. The Hall–Kier alpha value is -1.64. The van der Waals surface area contributed by atoms with Crippen LogP contribution < -0.4 is 5.63 Å². The fourth-order valence-corrected chi connectivity index (χ4v) is 1.20. The van der Waals surface area contributed by atoms with E-state index in [1.165, 1.54) is 18.2 Å². The van der Waals surface area contributed by atoms with Gasteiger partial charge in [-0.05, 0) is 25.1 Å². The lowest BCUT2D eigenvalue weighted by atomic mass is 10.2. The molecule has 0 saturated carbocycles. The molecule has 1 aromatic heterocycles. The van der Waals surface area contributed by atoms with Gasteiger partial charge in [-0.25, -0.2) is 9.18 Å². The summed E-state index contributed by atoms with van der Waals surface area (Å²) in [7, 11) is 0. The summed E-state index contributed by atoms with van der Waals surface area (Å²) in [5.74, 6) is -0.371. The van der Waals surface area contributed by atoms with Crippen LogP contribution in [-0.2, 0) is 0 Å². The van der Waals surface area contributed by atoms with Crippen molar-refractivity contribution < 1.29 is 8.81 Å². The second kappa shape index (κ2) is 2.69. The van der Waals surface area contributed by atoms with E-state index in [2.05, 4.69) is 0 Å². The number of fused-ring (bicyclic) bond motifs is 1. The molecule has 0 unspecified atom stereocenters. The van der Waals surface area contributed by atoms with Crippen LogP contribution in [0.2, 0.25) is 0 Å². The van der Waals surface area contributed by atoms with E-state index in [-0.39, 0.29) is 11.4 Å². The average molecular weight is 178 g/mol. The molecule has 66 valence electrons. The lowest BCUT2D eigenvalue weighted by Crippen LogP contribution is -2.02. The molecule has 1 aromatic carbocycles. The number of benzene rings is 1. The maximum Gasteiger partial charge on any atom is 0.339 e. The minimum Gasteiger partial charge on any atom is -0.422 e. The normalized spacial score (nSPS) is 10.6. The van der Waals surface area contributed by atoms with Crippen LogP contribution >= 0.6 is 0 Å². The minimum absolute atomic E-state index is 0.288. The number of halogens is 1. The predicted octanol–water partition coefficient (Wildman–Crippen LogP) is 2.24. The highest BCUT2D eigenvalue weighted by Crippen LogP contribution is 2.16. The van der Waals surface area contributed by atoms with Gasteiger partial charge in [-0.15, -0.1) is 0 Å². The Kier molecular flexibility index (Phi) is 1.65. The quantitative estimate of drug-likeness (QED) is 0.579. The largest absolute Gasteiger partial charge is 0.422 e. The molecule has 0 amide bonds. The highest BCUT2D eigenvalue weighted by Gasteiger charge is 2.04. The summed E-state index contributed by atoms with van der Waals surface area (Å²) in [5, 5.41) is 0.347. The van der Waals surface area contributed by atoms with Crippen LogP contribution in [0.1, 0.15) is 5.56 Å². The summed E-state index contributed by atoms with van der Waals surface area (Å²) in [6.45, 7) is 1.59. The number of hydrogen-bond acceptors (Lipinski definition) is 2. The summed E-state index contributed by atoms with van der Waals surface area (Å²) in [4.78, 5) is 11.1. The zero-order chi connectivity index (χ0) is 9.42. The third-order valence-electron chi connectivity index (χ3n) is 1.90. The fourth-order valence-electron chi connectivity index (χ4n) is 1.20. The van der Waals surface area contributed by atoms with E-state index in [0.717, 1.165) is 0 Å². The first kappa shape index (κ1) is 7.98. The summed E-state index contributed by atoms with van der Waals surface area (Å²) in [6, 6.07) is 5.91. The van der Waals surface area contributed by atoms with Crippen molar-refractivity contribution in [3.8, 4) is 0 Å². The molecule has 3 heteroatoms. The first-order valence-corrected chi connectivity index (χ1v) is 3.87. The van der Waals surface area contributed by atoms with Gasteiger partial charge in [0, 0.05) is 5.56 Å². The van der Waals surface area contributed by atoms with Gasteiger partial charge < -0.3 is 4.42 Å². The van der Waals surface area contributed by atoms with Crippen LogP contribution in [0.3, 0.4) is 0 Å². The van der Waals surface area contributed by atoms with Gasteiger partial charge in [-0.1, -0.05) is 6.07 Å². The van der Waals surface area contributed by atoms with Gasteiger partial charge in [0.2, 0.25) is 0 Å². The van der Waals surface area contributed by atoms with E-state index in [4.69, 9.17) is 4.42 Å². The topological polar surface area (TPSA) is 30.2 Å². The molecule has 0 spiro atoms. The second-order valence-corrected chi connectivity index (χ2v) is 2.87. The molecule has 13 heavy (non-hydrogen) atoms. The SMILES string of the molecule is Cc1cc2c(F)cccc2oc1=O. The van der Waals surface area contributed by atoms with Crippen molar-refractivity contribution in [2.75, 3.05) is 0 Å². The smallest absolute Gasteiger partial charge is 0.339 e. The van der Waals surface area contributed by atoms with Crippen LogP contribution in [0.5, 0.6) is 0 Å². The van der Waals surface area contributed by atoms with Crippen molar-refractivity contribution in [2.24, 2.45) is 0 Å². The standard InChI is InChI=1S/C10H7FO2/c1-6-5-7-8(11)3-2-4-9(7)13-10(6)12/h2-5H,1H3. The Bertz CT molecular complexity index is 514. The van der Waals surface area contributed by atoms with E-state index in [0.29, 0.717) is 10.9 Å². The van der Waals surface area contributed by atoms with Gasteiger partial charge in [-0.3, -0.25) is 0 Å². The van der Waals surface area contributed by atoms with E-state index < -0.39 is 5.63 Å². The average Bonchev–Trinajstić information content (AvgIpc) is 2.09. The van der Waals surface area contributed by atoms with Gasteiger partial charge in [0.25, 0.3) is 0 Å². The Labute approximate surface area is 73.6 Å². The van der Waals surface area contributed by atoms with Gasteiger partial charge in [0.15, 0.2) is 0 Å². The third-order valence-corrected chi connectivity index (χ3v) is 1.90. The lowest BCUT2D eigenvalue weighted by Gasteiger charge is -1.97. The highest BCUT2D eigenvalue weighted by atomic mass is 19.1. The first-order valence-electron chi connectivity index (χ1n) is 3.87. The molecule has 0 aliphatic rings. The molecule has 1 heterocycles. The van der Waals surface area contributed by atoms with Crippen LogP contribution in [0.25, 0.3) is 11.0 Å². The van der Waals surface area contributed by atoms with Crippen molar-refractivity contribution in [1.29, 1.82) is 0 Å².